The zero-order valence-corrected chi connectivity index (χ0v) is 11.4. The number of ether oxygens (including phenoxy) is 1. The van der Waals surface area contributed by atoms with Crippen LogP contribution in [0.4, 0.5) is 0 Å². The summed E-state index contributed by atoms with van der Waals surface area (Å²) in [6, 6.07) is 0. The van der Waals surface area contributed by atoms with E-state index in [1.54, 1.807) is 0 Å². The van der Waals surface area contributed by atoms with Gasteiger partial charge in [-0.25, -0.2) is 0 Å². The Bertz CT molecular complexity index is 334. The summed E-state index contributed by atoms with van der Waals surface area (Å²) in [6.07, 6.45) is 0. The molecule has 2 aliphatic carbocycles. The summed E-state index contributed by atoms with van der Waals surface area (Å²) in [5.74, 6) is -0.811. The van der Waals surface area contributed by atoms with Crippen molar-refractivity contribution >= 4 is 52.4 Å². The molecule has 0 aromatic rings. The maximum Gasteiger partial charge on any atom is 0.310 e. The minimum atomic E-state index is -1.29. The molecule has 2 saturated carbocycles. The number of esters is 1. The average Bonchev–Trinajstić information content (AvgIpc) is 2.74. The maximum atomic E-state index is 11.6. The third kappa shape index (κ3) is 0.910. The number of methoxy groups -OCH3 is 1. The van der Waals surface area contributed by atoms with Gasteiger partial charge in [-0.15, -0.1) is 0 Å². The largest absolute Gasteiger partial charge is 0.469 e. The number of carbonyl (C=O) groups is 1. The van der Waals surface area contributed by atoms with Crippen LogP contribution >= 0.6 is 46.4 Å². The van der Waals surface area contributed by atoms with Crippen molar-refractivity contribution in [1.29, 1.82) is 0 Å². The Hall–Kier alpha value is 0.630. The predicted octanol–water partition coefficient (Wildman–Crippen LogP) is 3.16. The first-order valence-electron chi connectivity index (χ1n) is 4.44. The molecule has 1 spiro atoms. The zero-order valence-electron chi connectivity index (χ0n) is 8.41. The summed E-state index contributed by atoms with van der Waals surface area (Å²) in [5.41, 5.74) is -1.22. The van der Waals surface area contributed by atoms with E-state index in [0.29, 0.717) is 0 Å². The smallest absolute Gasteiger partial charge is 0.310 e. The van der Waals surface area contributed by atoms with Crippen LogP contribution in [0, 0.1) is 16.7 Å². The van der Waals surface area contributed by atoms with E-state index in [2.05, 4.69) is 0 Å². The number of halogens is 4. The van der Waals surface area contributed by atoms with Crippen molar-refractivity contribution in [3.63, 3.8) is 0 Å². The van der Waals surface area contributed by atoms with Crippen LogP contribution in [0.2, 0.25) is 0 Å². The van der Waals surface area contributed by atoms with Crippen LogP contribution in [-0.4, -0.2) is 21.7 Å². The van der Waals surface area contributed by atoms with Crippen molar-refractivity contribution in [2.75, 3.05) is 7.11 Å². The Morgan fingerprint density at radius 3 is 1.73 bits per heavy atom. The van der Waals surface area contributed by atoms with Crippen molar-refractivity contribution in [3.05, 3.63) is 0 Å². The first kappa shape index (κ1) is 12.1. The van der Waals surface area contributed by atoms with E-state index in [1.165, 1.54) is 7.11 Å². The van der Waals surface area contributed by atoms with Gasteiger partial charge in [0, 0.05) is 0 Å². The minimum absolute atomic E-state index is 0.367. The number of alkyl halides is 4. The highest BCUT2D eigenvalue weighted by Gasteiger charge is 3.05. The van der Waals surface area contributed by atoms with Crippen molar-refractivity contribution in [2.45, 2.75) is 22.5 Å². The monoisotopic (exact) mass is 290 g/mol. The fraction of sp³-hybridized carbons (Fsp3) is 0.889. The van der Waals surface area contributed by atoms with Gasteiger partial charge < -0.3 is 4.74 Å². The Labute approximate surface area is 108 Å². The highest BCUT2D eigenvalue weighted by Crippen LogP contribution is 2.97. The second kappa shape index (κ2) is 2.72. The van der Waals surface area contributed by atoms with Gasteiger partial charge in [0.2, 0.25) is 0 Å². The highest BCUT2D eigenvalue weighted by molar-refractivity contribution is 6.70. The Balaban J connectivity index is 2.40. The van der Waals surface area contributed by atoms with Gasteiger partial charge in [0.15, 0.2) is 8.67 Å². The van der Waals surface area contributed by atoms with E-state index in [1.807, 2.05) is 13.8 Å². The lowest BCUT2D eigenvalue weighted by atomic mass is 10.1. The molecule has 0 N–H and O–H groups in total. The number of rotatable bonds is 1. The lowest BCUT2D eigenvalue weighted by molar-refractivity contribution is -0.143. The van der Waals surface area contributed by atoms with E-state index in [-0.39, 0.29) is 5.97 Å². The minimum Gasteiger partial charge on any atom is -0.469 e. The molecule has 2 fully saturated rings. The van der Waals surface area contributed by atoms with Crippen LogP contribution in [0.1, 0.15) is 13.8 Å². The van der Waals surface area contributed by atoms with Crippen LogP contribution in [-0.2, 0) is 9.53 Å². The first-order valence-corrected chi connectivity index (χ1v) is 5.95. The lowest BCUT2D eigenvalue weighted by Gasteiger charge is -1.99. The van der Waals surface area contributed by atoms with Gasteiger partial charge in [0.25, 0.3) is 0 Å². The van der Waals surface area contributed by atoms with Crippen LogP contribution in [0.3, 0.4) is 0 Å². The molecule has 0 aromatic carbocycles. The fourth-order valence-corrected chi connectivity index (χ4v) is 5.54. The molecular weight excluding hydrogens is 282 g/mol. The molecule has 0 amide bonds. The number of hydrogen-bond acceptors (Lipinski definition) is 2. The van der Waals surface area contributed by atoms with Crippen molar-refractivity contribution in [2.24, 2.45) is 16.7 Å². The molecular formula is C9H10Cl4O2. The second-order valence-electron chi connectivity index (χ2n) is 4.63. The van der Waals surface area contributed by atoms with E-state index in [4.69, 9.17) is 51.1 Å². The van der Waals surface area contributed by atoms with Crippen LogP contribution in [0.5, 0.6) is 0 Å². The molecule has 0 aromatic heterocycles. The number of hydrogen-bond donors (Lipinski definition) is 0. The molecule has 0 radical (unpaired) electrons. The molecule has 0 saturated heterocycles. The second-order valence-corrected chi connectivity index (χ2v) is 7.29. The molecule has 15 heavy (non-hydrogen) atoms. The van der Waals surface area contributed by atoms with Gasteiger partial charge in [-0.1, -0.05) is 60.3 Å². The summed E-state index contributed by atoms with van der Waals surface area (Å²) in [6.45, 7) is 3.72. The average molecular weight is 292 g/mol. The van der Waals surface area contributed by atoms with Crippen molar-refractivity contribution in [1.82, 2.24) is 0 Å². The van der Waals surface area contributed by atoms with E-state index in [0.717, 1.165) is 0 Å². The van der Waals surface area contributed by atoms with Gasteiger partial charge >= 0.3 is 5.97 Å². The standard InChI is InChI=1S/C9H10Cl4O2/c1-6(2)4(5(14)15-3)7(6)8(10,11)9(7,12)13/h4H,1-3H3/t4-/m1/s1. The summed E-state index contributed by atoms with van der Waals surface area (Å²) < 4.78 is 2.13. The molecule has 0 bridgehead atoms. The molecule has 1 atom stereocenters. The van der Waals surface area contributed by atoms with E-state index in [9.17, 15) is 4.79 Å². The molecule has 86 valence electrons. The molecule has 2 aliphatic rings. The van der Waals surface area contributed by atoms with Gasteiger partial charge in [-0.2, -0.15) is 0 Å². The van der Waals surface area contributed by atoms with Crippen molar-refractivity contribution < 1.29 is 9.53 Å². The normalized spacial score (nSPS) is 36.1. The highest BCUT2D eigenvalue weighted by atomic mass is 35.5. The SMILES string of the molecule is COC(=O)[C@@H]1C(C)(C)C12C(Cl)(Cl)C2(Cl)Cl. The third-order valence-electron chi connectivity index (χ3n) is 3.85. The van der Waals surface area contributed by atoms with Crippen molar-refractivity contribution in [3.8, 4) is 0 Å². The molecule has 2 nitrogen and oxygen atoms in total. The Kier molecular flexibility index (Phi) is 2.19. The quantitative estimate of drug-likeness (QED) is 0.548. The van der Waals surface area contributed by atoms with Gasteiger partial charge in [0.1, 0.15) is 0 Å². The van der Waals surface area contributed by atoms with E-state index < -0.39 is 25.4 Å². The number of carbonyl (C=O) groups excluding carboxylic acids is 1. The molecule has 2 rings (SSSR count). The molecule has 0 aliphatic heterocycles. The summed E-state index contributed by atoms with van der Waals surface area (Å²) >= 11 is 24.2. The van der Waals surface area contributed by atoms with E-state index >= 15 is 0 Å². The third-order valence-corrected chi connectivity index (χ3v) is 6.56. The topological polar surface area (TPSA) is 26.3 Å². The summed E-state index contributed by atoms with van der Waals surface area (Å²) in [4.78, 5) is 11.6. The van der Waals surface area contributed by atoms with Gasteiger partial charge in [-0.05, 0) is 5.41 Å². The predicted molar refractivity (Wildman–Crippen MR) is 60.6 cm³/mol. The van der Waals surface area contributed by atoms with Crippen LogP contribution < -0.4 is 0 Å². The Morgan fingerprint density at radius 2 is 1.53 bits per heavy atom. The van der Waals surface area contributed by atoms with Gasteiger partial charge in [0.05, 0.1) is 18.4 Å². The fourth-order valence-electron chi connectivity index (χ4n) is 2.96. The summed E-state index contributed by atoms with van der Waals surface area (Å²) in [5, 5.41) is 0. The molecule has 0 heterocycles. The van der Waals surface area contributed by atoms with Gasteiger partial charge in [-0.3, -0.25) is 4.79 Å². The Morgan fingerprint density at radius 1 is 1.13 bits per heavy atom. The molecule has 0 unspecified atom stereocenters. The van der Waals surface area contributed by atoms with Crippen LogP contribution in [0.15, 0.2) is 0 Å². The maximum absolute atomic E-state index is 11.6. The lowest BCUT2D eigenvalue weighted by Crippen LogP contribution is -2.08. The van der Waals surface area contributed by atoms with Crippen LogP contribution in [0.25, 0.3) is 0 Å². The molecule has 6 heteroatoms. The summed E-state index contributed by atoms with van der Waals surface area (Å²) in [7, 11) is 1.32. The zero-order chi connectivity index (χ0) is 11.9. The first-order chi connectivity index (χ1) is 6.60.